The van der Waals surface area contributed by atoms with Gasteiger partial charge in [-0.25, -0.2) is 0 Å². The SMILES string of the molecule is C#CCOP(C)(=S)OC. The molecular weight excluding hydrogens is 155 g/mol. The van der Waals surface area contributed by atoms with Gasteiger partial charge in [-0.15, -0.1) is 6.42 Å². The third-order valence-corrected chi connectivity index (χ3v) is 2.74. The van der Waals surface area contributed by atoms with Gasteiger partial charge >= 0.3 is 0 Å². The number of hydrogen-bond acceptors (Lipinski definition) is 3. The maximum absolute atomic E-state index is 5.00. The predicted molar refractivity (Wildman–Crippen MR) is 42.0 cm³/mol. The lowest BCUT2D eigenvalue weighted by molar-refractivity contribution is 0.319. The summed E-state index contributed by atoms with van der Waals surface area (Å²) in [5, 5.41) is 0. The van der Waals surface area contributed by atoms with Crippen molar-refractivity contribution in [1.29, 1.82) is 0 Å². The van der Waals surface area contributed by atoms with E-state index in [1.54, 1.807) is 6.66 Å². The van der Waals surface area contributed by atoms with Crippen molar-refractivity contribution in [3.8, 4) is 12.3 Å². The van der Waals surface area contributed by atoms with Crippen LogP contribution in [0.1, 0.15) is 0 Å². The Kier molecular flexibility index (Phi) is 4.09. The molecule has 0 N–H and O–H groups in total. The van der Waals surface area contributed by atoms with Crippen molar-refractivity contribution in [2.75, 3.05) is 20.4 Å². The third kappa shape index (κ3) is 4.62. The first-order chi connectivity index (χ1) is 4.12. The topological polar surface area (TPSA) is 18.5 Å². The Hall–Kier alpha value is 0.130. The Morgan fingerprint density at radius 3 is 2.67 bits per heavy atom. The molecule has 0 saturated heterocycles. The second-order valence-corrected chi connectivity index (χ2v) is 5.59. The van der Waals surface area contributed by atoms with Crippen molar-refractivity contribution in [3.05, 3.63) is 0 Å². The zero-order valence-electron chi connectivity index (χ0n) is 5.46. The van der Waals surface area contributed by atoms with Crippen molar-refractivity contribution in [1.82, 2.24) is 0 Å². The van der Waals surface area contributed by atoms with Gasteiger partial charge in [0.2, 0.25) is 0 Å². The molecule has 0 heterocycles. The van der Waals surface area contributed by atoms with E-state index >= 15 is 0 Å². The van der Waals surface area contributed by atoms with Crippen LogP contribution < -0.4 is 0 Å². The summed E-state index contributed by atoms with van der Waals surface area (Å²) in [6.45, 7) is -0.0256. The van der Waals surface area contributed by atoms with Crippen molar-refractivity contribution < 1.29 is 9.05 Å². The Labute approximate surface area is 60.7 Å². The van der Waals surface area contributed by atoms with Crippen molar-refractivity contribution in [2.45, 2.75) is 0 Å². The molecule has 0 amide bonds. The van der Waals surface area contributed by atoms with Gasteiger partial charge in [-0.1, -0.05) is 5.92 Å². The molecule has 0 spiro atoms. The summed E-state index contributed by atoms with van der Waals surface area (Å²) in [5.41, 5.74) is 0. The van der Waals surface area contributed by atoms with E-state index < -0.39 is 6.49 Å². The van der Waals surface area contributed by atoms with Crippen LogP contribution in [0.3, 0.4) is 0 Å². The molecule has 1 atom stereocenters. The highest BCUT2D eigenvalue weighted by Crippen LogP contribution is 2.42. The molecule has 0 radical (unpaired) electrons. The fraction of sp³-hybridized carbons (Fsp3) is 0.600. The highest BCUT2D eigenvalue weighted by molar-refractivity contribution is 8.09. The summed E-state index contributed by atoms with van der Waals surface area (Å²) >= 11 is 4.88. The van der Waals surface area contributed by atoms with E-state index in [1.807, 2.05) is 0 Å². The fourth-order valence-electron chi connectivity index (χ4n) is 0.207. The van der Waals surface area contributed by atoms with Gasteiger partial charge in [0.25, 0.3) is 0 Å². The molecule has 0 aliphatic rings. The first kappa shape index (κ1) is 9.13. The number of terminal acetylenes is 1. The molecule has 0 aliphatic heterocycles. The molecule has 0 bridgehead atoms. The minimum atomic E-state index is -2.00. The van der Waals surface area contributed by atoms with Crippen LogP contribution in [0.2, 0.25) is 0 Å². The van der Waals surface area contributed by atoms with Crippen LogP contribution in [0, 0.1) is 12.3 Å². The largest absolute Gasteiger partial charge is 0.333 e. The van der Waals surface area contributed by atoms with Crippen LogP contribution in [0.15, 0.2) is 0 Å². The summed E-state index contributed by atoms with van der Waals surface area (Å²) in [7, 11) is 1.53. The lowest BCUT2D eigenvalue weighted by Crippen LogP contribution is -1.89. The highest BCUT2D eigenvalue weighted by Gasteiger charge is 2.05. The molecule has 0 aromatic heterocycles. The van der Waals surface area contributed by atoms with E-state index in [9.17, 15) is 0 Å². The summed E-state index contributed by atoms with van der Waals surface area (Å²) < 4.78 is 9.84. The number of rotatable bonds is 3. The van der Waals surface area contributed by atoms with Crippen LogP contribution in [0.4, 0.5) is 0 Å². The van der Waals surface area contributed by atoms with Crippen LogP contribution in [0.5, 0.6) is 0 Å². The zero-order chi connectivity index (χ0) is 7.33. The van der Waals surface area contributed by atoms with Gasteiger partial charge in [0.1, 0.15) is 6.61 Å². The summed E-state index contributed by atoms with van der Waals surface area (Å²) in [5.74, 6) is 2.32. The van der Waals surface area contributed by atoms with Crippen LogP contribution in [0.25, 0.3) is 0 Å². The molecule has 0 rings (SSSR count). The van der Waals surface area contributed by atoms with E-state index in [2.05, 4.69) is 5.92 Å². The van der Waals surface area contributed by atoms with Crippen molar-refractivity contribution in [3.63, 3.8) is 0 Å². The summed E-state index contributed by atoms with van der Waals surface area (Å²) in [6, 6.07) is 0. The second kappa shape index (κ2) is 4.03. The highest BCUT2D eigenvalue weighted by atomic mass is 32.5. The molecule has 0 fully saturated rings. The summed E-state index contributed by atoms with van der Waals surface area (Å²) in [4.78, 5) is 0. The normalized spacial score (nSPS) is 16.1. The third-order valence-electron chi connectivity index (χ3n) is 0.714. The number of hydrogen-bond donors (Lipinski definition) is 0. The minimum Gasteiger partial charge on any atom is -0.333 e. The lowest BCUT2D eigenvalue weighted by atomic mass is 10.8. The van der Waals surface area contributed by atoms with Crippen molar-refractivity contribution in [2.24, 2.45) is 0 Å². The predicted octanol–water partition coefficient (Wildman–Crippen LogP) is 1.22. The van der Waals surface area contributed by atoms with Gasteiger partial charge < -0.3 is 9.05 Å². The van der Waals surface area contributed by atoms with E-state index in [0.717, 1.165) is 0 Å². The fourth-order valence-corrected chi connectivity index (χ4v) is 0.780. The maximum Gasteiger partial charge on any atom is 0.186 e. The monoisotopic (exact) mass is 164 g/mol. The first-order valence-electron chi connectivity index (χ1n) is 2.33. The van der Waals surface area contributed by atoms with Gasteiger partial charge in [-0.2, -0.15) is 0 Å². The molecule has 9 heavy (non-hydrogen) atoms. The van der Waals surface area contributed by atoms with Crippen LogP contribution >= 0.6 is 6.49 Å². The van der Waals surface area contributed by atoms with Gasteiger partial charge in [0.05, 0.1) is 0 Å². The second-order valence-electron chi connectivity index (χ2n) is 1.43. The quantitative estimate of drug-likeness (QED) is 0.461. The van der Waals surface area contributed by atoms with Crippen LogP contribution in [-0.4, -0.2) is 20.4 Å². The van der Waals surface area contributed by atoms with Gasteiger partial charge in [0.15, 0.2) is 6.49 Å². The molecule has 0 aromatic rings. The van der Waals surface area contributed by atoms with Gasteiger partial charge in [-0.05, 0) is 11.8 Å². The Bertz CT molecular complexity index is 161. The molecule has 52 valence electrons. The molecular formula is C5H9O2PS. The molecule has 1 unspecified atom stereocenters. The molecule has 2 nitrogen and oxygen atoms in total. The van der Waals surface area contributed by atoms with E-state index in [1.165, 1.54) is 7.11 Å². The average Bonchev–Trinajstić information content (AvgIpc) is 1.84. The lowest BCUT2D eigenvalue weighted by Gasteiger charge is -2.11. The van der Waals surface area contributed by atoms with Crippen LogP contribution in [-0.2, 0) is 20.9 Å². The van der Waals surface area contributed by atoms with Crippen molar-refractivity contribution >= 4 is 18.3 Å². The average molecular weight is 164 g/mol. The van der Waals surface area contributed by atoms with E-state index in [4.69, 9.17) is 27.3 Å². The Morgan fingerprint density at radius 2 is 2.33 bits per heavy atom. The van der Waals surface area contributed by atoms with Gasteiger partial charge in [0, 0.05) is 13.8 Å². The van der Waals surface area contributed by atoms with E-state index in [0.29, 0.717) is 0 Å². The minimum absolute atomic E-state index is 0.238. The Balaban J connectivity index is 3.63. The smallest absolute Gasteiger partial charge is 0.186 e. The zero-order valence-corrected chi connectivity index (χ0v) is 7.17. The maximum atomic E-state index is 5.00. The summed E-state index contributed by atoms with van der Waals surface area (Å²) in [6.07, 6.45) is 4.93. The first-order valence-corrected chi connectivity index (χ1v) is 5.42. The molecule has 4 heteroatoms. The molecule has 0 aliphatic carbocycles. The molecule has 0 aromatic carbocycles. The molecule has 0 saturated carbocycles. The van der Waals surface area contributed by atoms with E-state index in [-0.39, 0.29) is 6.61 Å². The standard InChI is InChI=1S/C5H9O2PS/c1-4-5-7-8(3,9)6-2/h1H,5H2,2-3H3. The Morgan fingerprint density at radius 1 is 1.78 bits per heavy atom. The van der Waals surface area contributed by atoms with Gasteiger partial charge in [-0.3, -0.25) is 0 Å².